The molecule has 0 N–H and O–H groups in total. The van der Waals surface area contributed by atoms with Gasteiger partial charge in [-0.2, -0.15) is 0 Å². The van der Waals surface area contributed by atoms with E-state index >= 15 is 0 Å². The first kappa shape index (κ1) is 12.8. The predicted molar refractivity (Wildman–Crippen MR) is 77.9 cm³/mol. The highest BCUT2D eigenvalue weighted by atomic mass is 79.9. The fourth-order valence-corrected chi connectivity index (χ4v) is 2.74. The summed E-state index contributed by atoms with van der Waals surface area (Å²) in [6.07, 6.45) is 1.02. The molecule has 0 aliphatic carbocycles. The largest absolute Gasteiger partial charge is 0.282 e. The quantitative estimate of drug-likeness (QED) is 0.662. The summed E-state index contributed by atoms with van der Waals surface area (Å²) in [5.74, 6) is 0. The first-order valence-corrected chi connectivity index (χ1v) is 6.87. The van der Waals surface area contributed by atoms with Crippen molar-refractivity contribution in [3.8, 4) is 0 Å². The molecule has 0 radical (unpaired) electrons. The highest BCUT2D eigenvalue weighted by molar-refractivity contribution is 9.10. The number of halogens is 1. The Hall–Kier alpha value is -0.630. The molecule has 1 aliphatic rings. The summed E-state index contributed by atoms with van der Waals surface area (Å²) in [5.41, 5.74) is 4.04. The second-order valence-electron chi connectivity index (χ2n) is 6.20. The third-order valence-corrected chi connectivity index (χ3v) is 4.52. The summed E-state index contributed by atoms with van der Waals surface area (Å²) in [7, 11) is 0. The maximum absolute atomic E-state index is 4.96. The van der Waals surface area contributed by atoms with Gasteiger partial charge in [0.25, 0.3) is 0 Å². The van der Waals surface area contributed by atoms with Crippen LogP contribution in [0, 0.1) is 5.41 Å². The van der Waals surface area contributed by atoms with Crippen LogP contribution in [0.1, 0.15) is 45.7 Å². The predicted octanol–water partition coefficient (Wildman–Crippen LogP) is 4.62. The van der Waals surface area contributed by atoms with Crippen molar-refractivity contribution in [3.05, 3.63) is 33.8 Å². The van der Waals surface area contributed by atoms with Gasteiger partial charge in [-0.25, -0.2) is 0 Å². The maximum atomic E-state index is 4.96. The number of hydrogen-bond donors (Lipinski definition) is 0. The van der Waals surface area contributed by atoms with Crippen molar-refractivity contribution in [1.29, 1.82) is 0 Å². The molecule has 0 amide bonds. The molecular weight excluding hydrogens is 274 g/mol. The number of rotatable bonds is 0. The number of hydrogen-bond acceptors (Lipinski definition) is 1. The maximum Gasteiger partial charge on any atom is 0.0671 e. The Kier molecular flexibility index (Phi) is 2.97. The van der Waals surface area contributed by atoms with Crippen LogP contribution >= 0.6 is 15.9 Å². The molecule has 17 heavy (non-hydrogen) atoms. The smallest absolute Gasteiger partial charge is 0.0671 e. The van der Waals surface area contributed by atoms with Crippen molar-refractivity contribution in [1.82, 2.24) is 0 Å². The van der Waals surface area contributed by atoms with E-state index in [2.05, 4.69) is 68.7 Å². The Balaban J connectivity index is 2.54. The molecule has 0 spiro atoms. The van der Waals surface area contributed by atoms with Crippen LogP contribution in [-0.2, 0) is 6.42 Å². The molecule has 0 fully saturated rings. The lowest BCUT2D eigenvalue weighted by Crippen LogP contribution is -2.43. The van der Waals surface area contributed by atoms with Crippen molar-refractivity contribution < 1.29 is 0 Å². The zero-order chi connectivity index (χ0) is 12.8. The van der Waals surface area contributed by atoms with Crippen molar-refractivity contribution in [2.45, 2.75) is 46.6 Å². The zero-order valence-corrected chi connectivity index (χ0v) is 12.9. The lowest BCUT2D eigenvalue weighted by atomic mass is 9.69. The normalized spacial score (nSPS) is 24.2. The van der Waals surface area contributed by atoms with E-state index < -0.39 is 0 Å². The van der Waals surface area contributed by atoms with Gasteiger partial charge in [-0.15, -0.1) is 0 Å². The van der Waals surface area contributed by atoms with Gasteiger partial charge in [0.15, 0.2) is 0 Å². The minimum atomic E-state index is -0.00905. The van der Waals surface area contributed by atoms with Crippen LogP contribution in [0.3, 0.4) is 0 Å². The van der Waals surface area contributed by atoms with E-state index in [9.17, 15) is 0 Å². The first-order valence-electron chi connectivity index (χ1n) is 6.08. The van der Waals surface area contributed by atoms with E-state index in [-0.39, 0.29) is 11.0 Å². The Labute approximate surface area is 112 Å². The van der Waals surface area contributed by atoms with Crippen LogP contribution in [0.2, 0.25) is 0 Å². The highest BCUT2D eigenvalue weighted by Crippen LogP contribution is 2.40. The van der Waals surface area contributed by atoms with Gasteiger partial charge >= 0.3 is 0 Å². The number of benzene rings is 1. The molecule has 1 aromatic carbocycles. The summed E-state index contributed by atoms with van der Waals surface area (Å²) < 4.78 is 1.15. The molecule has 0 saturated heterocycles. The SMILES string of the molecule is CC1=NC(C)(C(C)(C)C)Cc2cc(Br)ccc21. The molecular formula is C15H20BrN. The van der Waals surface area contributed by atoms with Crippen molar-refractivity contribution in [2.75, 3.05) is 0 Å². The minimum Gasteiger partial charge on any atom is -0.282 e. The summed E-state index contributed by atoms with van der Waals surface area (Å²) in [6, 6.07) is 6.50. The molecule has 1 heterocycles. The second kappa shape index (κ2) is 3.94. The van der Waals surface area contributed by atoms with E-state index in [4.69, 9.17) is 4.99 Å². The third kappa shape index (κ3) is 2.20. The van der Waals surface area contributed by atoms with Crippen LogP contribution in [0.5, 0.6) is 0 Å². The zero-order valence-electron chi connectivity index (χ0n) is 11.3. The van der Waals surface area contributed by atoms with Crippen LogP contribution in [0.25, 0.3) is 0 Å². The van der Waals surface area contributed by atoms with Gasteiger partial charge in [0.2, 0.25) is 0 Å². The van der Waals surface area contributed by atoms with Crippen molar-refractivity contribution in [3.63, 3.8) is 0 Å². The average Bonchev–Trinajstić information content (AvgIpc) is 2.14. The average molecular weight is 294 g/mol. The fraction of sp³-hybridized carbons (Fsp3) is 0.533. The molecule has 0 aromatic heterocycles. The monoisotopic (exact) mass is 293 g/mol. The number of nitrogens with zero attached hydrogens (tertiary/aromatic N) is 1. The van der Waals surface area contributed by atoms with E-state index in [0.29, 0.717) is 0 Å². The Morgan fingerprint density at radius 1 is 1.29 bits per heavy atom. The lowest BCUT2D eigenvalue weighted by molar-refractivity contribution is 0.208. The Morgan fingerprint density at radius 3 is 2.53 bits per heavy atom. The van der Waals surface area contributed by atoms with E-state index in [1.54, 1.807) is 0 Å². The van der Waals surface area contributed by atoms with E-state index in [1.165, 1.54) is 11.1 Å². The molecule has 1 aromatic rings. The van der Waals surface area contributed by atoms with Gasteiger partial charge in [-0.3, -0.25) is 4.99 Å². The fourth-order valence-electron chi connectivity index (χ4n) is 2.34. The third-order valence-electron chi connectivity index (χ3n) is 4.02. The Morgan fingerprint density at radius 2 is 1.94 bits per heavy atom. The first-order chi connectivity index (χ1) is 7.73. The minimum absolute atomic E-state index is 0.00905. The molecule has 1 nitrogen and oxygen atoms in total. The van der Waals surface area contributed by atoms with Gasteiger partial charge in [0, 0.05) is 10.2 Å². The van der Waals surface area contributed by atoms with Gasteiger partial charge in [0.05, 0.1) is 5.54 Å². The van der Waals surface area contributed by atoms with Crippen molar-refractivity contribution in [2.24, 2.45) is 10.4 Å². The Bertz CT molecular complexity index is 482. The highest BCUT2D eigenvalue weighted by Gasteiger charge is 2.40. The van der Waals surface area contributed by atoms with Gasteiger partial charge in [-0.05, 0) is 48.9 Å². The number of aliphatic imine (C=N–C) groups is 1. The molecule has 1 atom stereocenters. The summed E-state index contributed by atoms with van der Waals surface area (Å²) in [4.78, 5) is 4.96. The molecule has 2 rings (SSSR count). The van der Waals surface area contributed by atoms with Crippen LogP contribution in [-0.4, -0.2) is 11.3 Å². The van der Waals surface area contributed by atoms with Crippen LogP contribution < -0.4 is 0 Å². The molecule has 0 bridgehead atoms. The van der Waals surface area contributed by atoms with Crippen LogP contribution in [0.4, 0.5) is 0 Å². The van der Waals surface area contributed by atoms with E-state index in [1.807, 2.05) is 0 Å². The molecule has 2 heteroatoms. The lowest BCUT2D eigenvalue weighted by Gasteiger charge is -2.42. The van der Waals surface area contributed by atoms with Gasteiger partial charge in [0.1, 0.15) is 0 Å². The van der Waals surface area contributed by atoms with Crippen LogP contribution in [0.15, 0.2) is 27.7 Å². The molecule has 0 saturated carbocycles. The van der Waals surface area contributed by atoms with Gasteiger partial charge < -0.3 is 0 Å². The second-order valence-corrected chi connectivity index (χ2v) is 7.11. The summed E-state index contributed by atoms with van der Waals surface area (Å²) >= 11 is 3.56. The molecule has 92 valence electrons. The summed E-state index contributed by atoms with van der Waals surface area (Å²) in [6.45, 7) is 11.2. The topological polar surface area (TPSA) is 12.4 Å². The number of fused-ring (bicyclic) bond motifs is 1. The molecule has 1 unspecified atom stereocenters. The summed E-state index contributed by atoms with van der Waals surface area (Å²) in [5, 5.41) is 0. The molecule has 1 aliphatic heterocycles. The van der Waals surface area contributed by atoms with Gasteiger partial charge in [-0.1, -0.05) is 42.8 Å². The van der Waals surface area contributed by atoms with E-state index in [0.717, 1.165) is 16.6 Å². The van der Waals surface area contributed by atoms with Crippen molar-refractivity contribution >= 4 is 21.6 Å². The standard InChI is InChI=1S/C15H20BrN/c1-10-13-7-6-12(16)8-11(13)9-15(5,17-10)14(2,3)4/h6-8H,9H2,1-5H3.